The third kappa shape index (κ3) is 3.13. The number of nitriles is 1. The summed E-state index contributed by atoms with van der Waals surface area (Å²) in [5.74, 6) is 0.628. The SMILES string of the molecule is CC=COC1CCC(c2ccc(C#N)cc2)CC1. The fourth-order valence-electron chi connectivity index (χ4n) is 2.55. The number of ether oxygens (including phenoxy) is 1. The van der Waals surface area contributed by atoms with Crippen LogP contribution >= 0.6 is 0 Å². The normalized spacial score (nSPS) is 23.8. The fourth-order valence-corrected chi connectivity index (χ4v) is 2.55. The molecule has 1 aromatic carbocycles. The van der Waals surface area contributed by atoms with Crippen molar-refractivity contribution in [2.24, 2.45) is 0 Å². The van der Waals surface area contributed by atoms with Gasteiger partial charge in [0.1, 0.15) is 0 Å². The van der Waals surface area contributed by atoms with E-state index in [1.165, 1.54) is 18.4 Å². The minimum atomic E-state index is 0.385. The molecule has 0 atom stereocenters. The van der Waals surface area contributed by atoms with Gasteiger partial charge in [-0.3, -0.25) is 0 Å². The zero-order valence-electron chi connectivity index (χ0n) is 10.8. The van der Waals surface area contributed by atoms with Crippen LogP contribution in [0.3, 0.4) is 0 Å². The first-order chi connectivity index (χ1) is 8.83. The molecule has 1 fully saturated rings. The zero-order valence-corrected chi connectivity index (χ0v) is 10.8. The lowest BCUT2D eigenvalue weighted by Gasteiger charge is -2.28. The Labute approximate surface area is 109 Å². The molecule has 94 valence electrons. The Morgan fingerprint density at radius 1 is 1.17 bits per heavy atom. The average Bonchev–Trinajstić information content (AvgIpc) is 2.46. The molecule has 0 aromatic heterocycles. The maximum Gasteiger partial charge on any atom is 0.0991 e. The summed E-state index contributed by atoms with van der Waals surface area (Å²) in [6, 6.07) is 10.2. The van der Waals surface area contributed by atoms with Gasteiger partial charge in [-0.05, 0) is 56.2 Å². The molecule has 1 saturated carbocycles. The Bertz CT molecular complexity index is 433. The molecular formula is C16H19NO. The van der Waals surface area contributed by atoms with Crippen LogP contribution in [-0.4, -0.2) is 6.10 Å². The highest BCUT2D eigenvalue weighted by atomic mass is 16.5. The second kappa shape index (κ2) is 6.26. The van der Waals surface area contributed by atoms with Crippen molar-refractivity contribution in [1.82, 2.24) is 0 Å². The van der Waals surface area contributed by atoms with Gasteiger partial charge in [-0.1, -0.05) is 18.2 Å². The number of hydrogen-bond donors (Lipinski definition) is 0. The van der Waals surface area contributed by atoms with Crippen LogP contribution in [0.25, 0.3) is 0 Å². The van der Waals surface area contributed by atoms with Gasteiger partial charge in [-0.2, -0.15) is 5.26 Å². The summed E-state index contributed by atoms with van der Waals surface area (Å²) in [5, 5.41) is 8.78. The van der Waals surface area contributed by atoms with Crippen LogP contribution in [0.15, 0.2) is 36.6 Å². The molecule has 1 aromatic rings. The van der Waals surface area contributed by atoms with E-state index in [0.717, 1.165) is 18.4 Å². The van der Waals surface area contributed by atoms with Crippen LogP contribution < -0.4 is 0 Å². The highest BCUT2D eigenvalue weighted by Gasteiger charge is 2.22. The highest BCUT2D eigenvalue weighted by Crippen LogP contribution is 2.34. The van der Waals surface area contributed by atoms with E-state index in [4.69, 9.17) is 10.00 Å². The second-order valence-electron chi connectivity index (χ2n) is 4.81. The number of allylic oxidation sites excluding steroid dienone is 1. The topological polar surface area (TPSA) is 33.0 Å². The van der Waals surface area contributed by atoms with Crippen LogP contribution in [0.4, 0.5) is 0 Å². The molecule has 18 heavy (non-hydrogen) atoms. The summed E-state index contributed by atoms with van der Waals surface area (Å²) in [7, 11) is 0. The van der Waals surface area contributed by atoms with Crippen molar-refractivity contribution in [2.75, 3.05) is 0 Å². The zero-order chi connectivity index (χ0) is 12.8. The van der Waals surface area contributed by atoms with Crippen molar-refractivity contribution in [2.45, 2.75) is 44.6 Å². The predicted octanol–water partition coefficient (Wildman–Crippen LogP) is 4.13. The van der Waals surface area contributed by atoms with Crippen molar-refractivity contribution < 1.29 is 4.74 Å². The van der Waals surface area contributed by atoms with Gasteiger partial charge < -0.3 is 4.74 Å². The van der Waals surface area contributed by atoms with Crippen LogP contribution in [0.1, 0.15) is 49.7 Å². The van der Waals surface area contributed by atoms with Crippen LogP contribution in [0.2, 0.25) is 0 Å². The lowest BCUT2D eigenvalue weighted by atomic mass is 9.82. The third-order valence-corrected chi connectivity index (χ3v) is 3.59. The molecule has 0 radical (unpaired) electrons. The average molecular weight is 241 g/mol. The van der Waals surface area contributed by atoms with Crippen LogP contribution in [0, 0.1) is 11.3 Å². The van der Waals surface area contributed by atoms with E-state index in [1.807, 2.05) is 25.1 Å². The molecule has 0 aliphatic heterocycles. The van der Waals surface area contributed by atoms with Crippen LogP contribution in [0.5, 0.6) is 0 Å². The monoisotopic (exact) mass is 241 g/mol. The van der Waals surface area contributed by atoms with Crippen molar-refractivity contribution >= 4 is 0 Å². The molecule has 2 rings (SSSR count). The molecule has 0 saturated heterocycles. The molecule has 1 aliphatic carbocycles. The molecule has 0 N–H and O–H groups in total. The Morgan fingerprint density at radius 3 is 2.39 bits per heavy atom. The second-order valence-corrected chi connectivity index (χ2v) is 4.81. The molecule has 0 spiro atoms. The molecule has 0 heterocycles. The summed E-state index contributed by atoms with van der Waals surface area (Å²) in [4.78, 5) is 0. The molecule has 1 aliphatic rings. The van der Waals surface area contributed by atoms with Crippen LogP contribution in [-0.2, 0) is 4.74 Å². The lowest BCUT2D eigenvalue weighted by Crippen LogP contribution is -2.18. The first kappa shape index (κ1) is 12.7. The largest absolute Gasteiger partial charge is 0.498 e. The maximum atomic E-state index is 8.78. The first-order valence-corrected chi connectivity index (χ1v) is 6.60. The van der Waals surface area contributed by atoms with Gasteiger partial charge in [-0.25, -0.2) is 0 Å². The molecular weight excluding hydrogens is 222 g/mol. The summed E-state index contributed by atoms with van der Waals surface area (Å²) in [6.07, 6.45) is 8.71. The minimum Gasteiger partial charge on any atom is -0.498 e. The van der Waals surface area contributed by atoms with Gasteiger partial charge in [-0.15, -0.1) is 0 Å². The van der Waals surface area contributed by atoms with E-state index < -0.39 is 0 Å². The van der Waals surface area contributed by atoms with Gasteiger partial charge >= 0.3 is 0 Å². The summed E-state index contributed by atoms with van der Waals surface area (Å²) in [6.45, 7) is 1.97. The van der Waals surface area contributed by atoms with E-state index in [2.05, 4.69) is 18.2 Å². The number of rotatable bonds is 3. The lowest BCUT2D eigenvalue weighted by molar-refractivity contribution is 0.0994. The van der Waals surface area contributed by atoms with E-state index >= 15 is 0 Å². The molecule has 0 bridgehead atoms. The molecule has 2 heteroatoms. The number of benzene rings is 1. The number of hydrogen-bond acceptors (Lipinski definition) is 2. The molecule has 0 unspecified atom stereocenters. The van der Waals surface area contributed by atoms with Gasteiger partial charge in [0.2, 0.25) is 0 Å². The maximum absolute atomic E-state index is 8.78. The molecule has 2 nitrogen and oxygen atoms in total. The van der Waals surface area contributed by atoms with Crippen molar-refractivity contribution in [3.8, 4) is 6.07 Å². The molecule has 0 amide bonds. The summed E-state index contributed by atoms with van der Waals surface area (Å²) in [5.41, 5.74) is 2.10. The van der Waals surface area contributed by atoms with E-state index in [9.17, 15) is 0 Å². The van der Waals surface area contributed by atoms with Gasteiger partial charge in [0.25, 0.3) is 0 Å². The summed E-state index contributed by atoms with van der Waals surface area (Å²) >= 11 is 0. The predicted molar refractivity (Wildman–Crippen MR) is 72.1 cm³/mol. The highest BCUT2D eigenvalue weighted by molar-refractivity contribution is 5.33. The third-order valence-electron chi connectivity index (χ3n) is 3.59. The smallest absolute Gasteiger partial charge is 0.0991 e. The van der Waals surface area contributed by atoms with Crippen molar-refractivity contribution in [3.05, 3.63) is 47.7 Å². The van der Waals surface area contributed by atoms with Gasteiger partial charge in [0, 0.05) is 0 Å². The fraction of sp³-hybridized carbons (Fsp3) is 0.438. The van der Waals surface area contributed by atoms with Gasteiger partial charge in [0.15, 0.2) is 0 Å². The first-order valence-electron chi connectivity index (χ1n) is 6.60. The van der Waals surface area contributed by atoms with E-state index in [1.54, 1.807) is 6.26 Å². The van der Waals surface area contributed by atoms with E-state index in [-0.39, 0.29) is 0 Å². The van der Waals surface area contributed by atoms with Crippen molar-refractivity contribution in [1.29, 1.82) is 5.26 Å². The number of nitrogens with zero attached hydrogens (tertiary/aromatic N) is 1. The standard InChI is InChI=1S/C16H19NO/c1-2-11-18-16-9-7-15(8-10-16)14-5-3-13(12-17)4-6-14/h2-6,11,15-16H,7-10H2,1H3. The quantitative estimate of drug-likeness (QED) is 0.745. The minimum absolute atomic E-state index is 0.385. The van der Waals surface area contributed by atoms with Crippen molar-refractivity contribution in [3.63, 3.8) is 0 Å². The van der Waals surface area contributed by atoms with E-state index in [0.29, 0.717) is 12.0 Å². The summed E-state index contributed by atoms with van der Waals surface area (Å²) < 4.78 is 5.63. The Balaban J connectivity index is 1.90. The van der Waals surface area contributed by atoms with Gasteiger partial charge in [0.05, 0.1) is 24.0 Å². The Kier molecular flexibility index (Phi) is 4.41. The Morgan fingerprint density at radius 2 is 1.83 bits per heavy atom. The Hall–Kier alpha value is -1.75.